The van der Waals surface area contributed by atoms with Crippen LogP contribution < -0.4 is 4.72 Å². The molecule has 2 rings (SSSR count). The van der Waals surface area contributed by atoms with E-state index in [1.165, 1.54) is 12.4 Å². The first-order chi connectivity index (χ1) is 8.98. The Morgan fingerprint density at radius 1 is 1.37 bits per heavy atom. The number of alkyl halides is 1. The molecule has 0 fully saturated rings. The molecule has 102 valence electrons. The summed E-state index contributed by atoms with van der Waals surface area (Å²) in [7, 11) is -3.61. The van der Waals surface area contributed by atoms with Crippen LogP contribution in [0.1, 0.15) is 12.5 Å². The van der Waals surface area contributed by atoms with Crippen LogP contribution in [-0.2, 0) is 15.6 Å². The Morgan fingerprint density at radius 2 is 2.05 bits per heavy atom. The van der Waals surface area contributed by atoms with Gasteiger partial charge in [-0.05, 0) is 12.5 Å². The average molecular weight is 344 g/mol. The van der Waals surface area contributed by atoms with Crippen LogP contribution in [0.5, 0.6) is 0 Å². The monoisotopic (exact) mass is 343 g/mol. The molecule has 1 atom stereocenters. The third-order valence-electron chi connectivity index (χ3n) is 2.82. The molecular formula is C12H14BrN3O2S. The lowest BCUT2D eigenvalue weighted by Crippen LogP contribution is -2.44. The normalized spacial score (nSPS) is 15.1. The number of hydrogen-bond acceptors (Lipinski definition) is 3. The van der Waals surface area contributed by atoms with Crippen molar-refractivity contribution in [1.82, 2.24) is 14.9 Å². The molecule has 0 radical (unpaired) electrons. The second kappa shape index (κ2) is 5.44. The number of aromatic amines is 1. The fourth-order valence-corrected chi connectivity index (χ4v) is 3.66. The number of sulfonamides is 1. The molecule has 0 aliphatic rings. The number of benzene rings is 1. The standard InChI is InChI=1S/C12H14BrN3O2S/c1-12(9-13,10-5-3-2-4-6-10)16-19(17,18)11-7-14-15-8-11/h2-8,16H,9H2,1H3,(H,14,15). The zero-order chi connectivity index (χ0) is 13.9. The molecule has 1 unspecified atom stereocenters. The summed E-state index contributed by atoms with van der Waals surface area (Å²) >= 11 is 3.37. The van der Waals surface area contributed by atoms with Crippen molar-refractivity contribution in [1.29, 1.82) is 0 Å². The molecule has 2 N–H and O–H groups in total. The van der Waals surface area contributed by atoms with Crippen molar-refractivity contribution < 1.29 is 8.42 Å². The highest BCUT2D eigenvalue weighted by Crippen LogP contribution is 2.25. The van der Waals surface area contributed by atoms with Crippen LogP contribution in [0.25, 0.3) is 0 Å². The van der Waals surface area contributed by atoms with Gasteiger partial charge in [0.25, 0.3) is 0 Å². The van der Waals surface area contributed by atoms with E-state index in [0.717, 1.165) is 5.56 Å². The number of nitrogens with one attached hydrogen (secondary N) is 2. The van der Waals surface area contributed by atoms with E-state index in [0.29, 0.717) is 5.33 Å². The van der Waals surface area contributed by atoms with E-state index in [1.54, 1.807) is 0 Å². The Balaban J connectivity index is 2.35. The average Bonchev–Trinajstić information content (AvgIpc) is 2.94. The molecular weight excluding hydrogens is 330 g/mol. The van der Waals surface area contributed by atoms with Crippen molar-refractivity contribution in [3.63, 3.8) is 0 Å². The summed E-state index contributed by atoms with van der Waals surface area (Å²) in [6.07, 6.45) is 2.63. The fourth-order valence-electron chi connectivity index (χ4n) is 1.71. The van der Waals surface area contributed by atoms with Gasteiger partial charge in [-0.2, -0.15) is 9.82 Å². The molecule has 1 aromatic carbocycles. The highest BCUT2D eigenvalue weighted by Gasteiger charge is 2.31. The maximum atomic E-state index is 12.2. The highest BCUT2D eigenvalue weighted by molar-refractivity contribution is 9.09. The Bertz CT molecular complexity index is 628. The van der Waals surface area contributed by atoms with Gasteiger partial charge in [-0.15, -0.1) is 0 Å². The van der Waals surface area contributed by atoms with Gasteiger partial charge in [-0.25, -0.2) is 8.42 Å². The maximum Gasteiger partial charge on any atom is 0.244 e. The number of halogens is 1. The number of nitrogens with zero attached hydrogens (tertiary/aromatic N) is 1. The molecule has 2 aromatic rings. The Hall–Kier alpha value is -1.18. The molecule has 0 saturated heterocycles. The molecule has 1 aromatic heterocycles. The van der Waals surface area contributed by atoms with E-state index in [-0.39, 0.29) is 4.90 Å². The van der Waals surface area contributed by atoms with Crippen LogP contribution in [0.15, 0.2) is 47.6 Å². The van der Waals surface area contributed by atoms with Crippen molar-refractivity contribution in [3.8, 4) is 0 Å². The minimum Gasteiger partial charge on any atom is -0.284 e. The maximum absolute atomic E-state index is 12.2. The van der Waals surface area contributed by atoms with Crippen molar-refractivity contribution in [2.45, 2.75) is 17.4 Å². The van der Waals surface area contributed by atoms with Gasteiger partial charge in [-0.1, -0.05) is 46.3 Å². The SMILES string of the molecule is CC(CBr)(NS(=O)(=O)c1cn[nH]c1)c1ccccc1. The van der Waals surface area contributed by atoms with Crippen molar-refractivity contribution >= 4 is 26.0 Å². The van der Waals surface area contributed by atoms with Crippen LogP contribution in [0, 0.1) is 0 Å². The van der Waals surface area contributed by atoms with E-state index in [9.17, 15) is 8.42 Å². The summed E-state index contributed by atoms with van der Waals surface area (Å²) < 4.78 is 27.2. The predicted octanol–water partition coefficient (Wildman–Crippen LogP) is 2.00. The van der Waals surface area contributed by atoms with Gasteiger partial charge in [0.15, 0.2) is 0 Å². The van der Waals surface area contributed by atoms with Crippen LogP contribution in [0.3, 0.4) is 0 Å². The van der Waals surface area contributed by atoms with Crippen LogP contribution in [-0.4, -0.2) is 23.9 Å². The van der Waals surface area contributed by atoms with E-state index in [4.69, 9.17) is 0 Å². The summed E-state index contributed by atoms with van der Waals surface area (Å²) in [5.41, 5.74) is 0.163. The van der Waals surface area contributed by atoms with Crippen molar-refractivity contribution in [2.24, 2.45) is 0 Å². The summed E-state index contributed by atoms with van der Waals surface area (Å²) in [6, 6.07) is 9.42. The second-order valence-electron chi connectivity index (χ2n) is 4.37. The zero-order valence-corrected chi connectivity index (χ0v) is 12.7. The Morgan fingerprint density at radius 3 is 2.58 bits per heavy atom. The van der Waals surface area contributed by atoms with Crippen LogP contribution in [0.2, 0.25) is 0 Å². The third-order valence-corrected chi connectivity index (χ3v) is 5.51. The highest BCUT2D eigenvalue weighted by atomic mass is 79.9. The lowest BCUT2D eigenvalue weighted by atomic mass is 9.96. The van der Waals surface area contributed by atoms with E-state index >= 15 is 0 Å². The smallest absolute Gasteiger partial charge is 0.244 e. The predicted molar refractivity (Wildman–Crippen MR) is 76.5 cm³/mol. The molecule has 7 heteroatoms. The first-order valence-electron chi connectivity index (χ1n) is 5.62. The van der Waals surface area contributed by atoms with Crippen molar-refractivity contribution in [2.75, 3.05) is 5.33 Å². The molecule has 0 amide bonds. The summed E-state index contributed by atoms with van der Waals surface area (Å²) in [5.74, 6) is 0. The lowest BCUT2D eigenvalue weighted by molar-refractivity contribution is 0.482. The summed E-state index contributed by atoms with van der Waals surface area (Å²) in [6.45, 7) is 1.83. The molecule has 0 aliphatic carbocycles. The quantitative estimate of drug-likeness (QED) is 0.815. The van der Waals surface area contributed by atoms with Gasteiger partial charge in [0.05, 0.1) is 11.7 Å². The van der Waals surface area contributed by atoms with Gasteiger partial charge in [0.2, 0.25) is 10.0 Å². The zero-order valence-electron chi connectivity index (χ0n) is 10.3. The molecule has 19 heavy (non-hydrogen) atoms. The first kappa shape index (κ1) is 14.2. The molecule has 0 spiro atoms. The molecule has 0 bridgehead atoms. The molecule has 5 nitrogen and oxygen atoms in total. The molecule has 0 saturated carbocycles. The van der Waals surface area contributed by atoms with E-state index < -0.39 is 15.6 Å². The topological polar surface area (TPSA) is 74.8 Å². The summed E-state index contributed by atoms with van der Waals surface area (Å²) in [4.78, 5) is 0.121. The summed E-state index contributed by atoms with van der Waals surface area (Å²) in [5, 5.41) is 6.62. The Labute approximate surface area is 120 Å². The van der Waals surface area contributed by atoms with E-state index in [1.807, 2.05) is 37.3 Å². The lowest BCUT2D eigenvalue weighted by Gasteiger charge is -2.28. The number of hydrogen-bond donors (Lipinski definition) is 2. The van der Waals surface area contributed by atoms with Gasteiger partial charge in [-0.3, -0.25) is 5.10 Å². The minimum absolute atomic E-state index is 0.121. The Kier molecular flexibility index (Phi) is 4.07. The second-order valence-corrected chi connectivity index (χ2v) is 6.61. The van der Waals surface area contributed by atoms with Gasteiger partial charge >= 0.3 is 0 Å². The largest absolute Gasteiger partial charge is 0.284 e. The minimum atomic E-state index is -3.61. The molecule has 0 aliphatic heterocycles. The number of rotatable bonds is 5. The third kappa shape index (κ3) is 3.05. The fraction of sp³-hybridized carbons (Fsp3) is 0.250. The van der Waals surface area contributed by atoms with Gasteiger partial charge in [0.1, 0.15) is 4.90 Å². The van der Waals surface area contributed by atoms with Crippen LogP contribution in [0.4, 0.5) is 0 Å². The number of aromatic nitrogens is 2. The van der Waals surface area contributed by atoms with E-state index in [2.05, 4.69) is 30.8 Å². The van der Waals surface area contributed by atoms with Gasteiger partial charge in [0, 0.05) is 11.5 Å². The van der Waals surface area contributed by atoms with Gasteiger partial charge < -0.3 is 0 Å². The van der Waals surface area contributed by atoms with Crippen LogP contribution >= 0.6 is 15.9 Å². The number of H-pyrrole nitrogens is 1. The first-order valence-corrected chi connectivity index (χ1v) is 8.23. The van der Waals surface area contributed by atoms with Crippen molar-refractivity contribution in [3.05, 3.63) is 48.3 Å². The molecule has 1 heterocycles.